The molecule has 0 heterocycles. The van der Waals surface area contributed by atoms with E-state index in [4.69, 9.17) is 9.84 Å². The lowest BCUT2D eigenvalue weighted by Crippen LogP contribution is -2.04. The van der Waals surface area contributed by atoms with Gasteiger partial charge in [-0.05, 0) is 24.6 Å². The second kappa shape index (κ2) is 6.04. The Morgan fingerprint density at radius 1 is 1.29 bits per heavy atom. The average Bonchev–Trinajstić information content (AvgIpc) is 2.46. The number of hydrogen-bond donors (Lipinski definition) is 1. The molecule has 0 spiro atoms. The molecule has 6 heteroatoms. The maximum absolute atomic E-state index is 11.2. The van der Waals surface area contributed by atoms with Gasteiger partial charge in [0, 0.05) is 12.1 Å². The molecular weight excluding hydrogens is 274 g/mol. The molecule has 0 aliphatic carbocycles. The van der Waals surface area contributed by atoms with Gasteiger partial charge in [-0.15, -0.1) is 0 Å². The maximum Gasteiger partial charge on any atom is 0.339 e. The number of nitro groups is 1. The lowest BCUT2D eigenvalue weighted by Gasteiger charge is -2.10. The molecule has 0 bridgehead atoms. The van der Waals surface area contributed by atoms with Crippen LogP contribution in [-0.4, -0.2) is 16.0 Å². The fraction of sp³-hybridized carbons (Fsp3) is 0.133. The normalized spacial score (nSPS) is 10.1. The van der Waals surface area contributed by atoms with E-state index < -0.39 is 10.9 Å². The summed E-state index contributed by atoms with van der Waals surface area (Å²) in [6, 6.07) is 10.9. The molecule has 108 valence electrons. The molecule has 0 aliphatic heterocycles. The highest BCUT2D eigenvalue weighted by Crippen LogP contribution is 2.22. The molecule has 2 aromatic carbocycles. The van der Waals surface area contributed by atoms with E-state index >= 15 is 0 Å². The zero-order valence-electron chi connectivity index (χ0n) is 11.3. The number of carboxylic acid groups (broad SMARTS) is 1. The molecule has 0 atom stereocenters. The molecule has 0 radical (unpaired) electrons. The number of carboxylic acids is 1. The van der Waals surface area contributed by atoms with Crippen molar-refractivity contribution in [2.45, 2.75) is 13.5 Å². The van der Waals surface area contributed by atoms with Crippen LogP contribution < -0.4 is 4.74 Å². The monoisotopic (exact) mass is 287 g/mol. The Hall–Kier alpha value is -2.89. The number of carbonyl (C=O) groups is 1. The van der Waals surface area contributed by atoms with Gasteiger partial charge in [-0.1, -0.05) is 23.8 Å². The molecule has 0 saturated heterocycles. The highest BCUT2D eigenvalue weighted by atomic mass is 16.6. The third-order valence-corrected chi connectivity index (χ3v) is 2.88. The highest BCUT2D eigenvalue weighted by Gasteiger charge is 2.12. The number of nitro benzene ring substituents is 1. The highest BCUT2D eigenvalue weighted by molar-refractivity contribution is 5.91. The van der Waals surface area contributed by atoms with Crippen molar-refractivity contribution in [3.8, 4) is 5.75 Å². The van der Waals surface area contributed by atoms with Gasteiger partial charge in [0.25, 0.3) is 5.69 Å². The smallest absolute Gasteiger partial charge is 0.339 e. The van der Waals surface area contributed by atoms with Crippen molar-refractivity contribution in [2.75, 3.05) is 0 Å². The van der Waals surface area contributed by atoms with Gasteiger partial charge in [0.05, 0.1) is 4.92 Å². The van der Waals surface area contributed by atoms with Crippen LogP contribution in [0.4, 0.5) is 5.69 Å². The van der Waals surface area contributed by atoms with Crippen molar-refractivity contribution in [3.05, 3.63) is 69.3 Å². The van der Waals surface area contributed by atoms with Crippen molar-refractivity contribution in [1.82, 2.24) is 0 Å². The minimum atomic E-state index is -1.08. The molecule has 0 fully saturated rings. The zero-order valence-corrected chi connectivity index (χ0v) is 11.3. The summed E-state index contributed by atoms with van der Waals surface area (Å²) in [5.41, 5.74) is 1.45. The molecule has 21 heavy (non-hydrogen) atoms. The number of hydrogen-bond acceptors (Lipinski definition) is 4. The van der Waals surface area contributed by atoms with Crippen LogP contribution >= 0.6 is 0 Å². The molecular formula is C15H13NO5. The van der Waals surface area contributed by atoms with E-state index in [1.807, 2.05) is 0 Å². The molecule has 2 rings (SSSR count). The van der Waals surface area contributed by atoms with E-state index in [9.17, 15) is 14.9 Å². The molecule has 0 saturated carbocycles. The fourth-order valence-electron chi connectivity index (χ4n) is 1.86. The van der Waals surface area contributed by atoms with Gasteiger partial charge in [-0.2, -0.15) is 0 Å². The standard InChI is InChI=1S/C15H13NO5/c1-10-5-6-14(13(7-10)15(17)18)21-9-11-3-2-4-12(8-11)16(19)20/h2-8H,9H2,1H3,(H,17,18). The fourth-order valence-corrected chi connectivity index (χ4v) is 1.86. The molecule has 6 nitrogen and oxygen atoms in total. The summed E-state index contributed by atoms with van der Waals surface area (Å²) in [5.74, 6) is -0.840. The van der Waals surface area contributed by atoms with Crippen LogP contribution in [0.5, 0.6) is 5.75 Å². The Labute approximate surface area is 120 Å². The number of nitrogens with zero attached hydrogens (tertiary/aromatic N) is 1. The van der Waals surface area contributed by atoms with Gasteiger partial charge in [0.15, 0.2) is 0 Å². The van der Waals surface area contributed by atoms with Crippen molar-refractivity contribution >= 4 is 11.7 Å². The van der Waals surface area contributed by atoms with Crippen molar-refractivity contribution in [1.29, 1.82) is 0 Å². The Kier molecular flexibility index (Phi) is 4.18. The first-order valence-corrected chi connectivity index (χ1v) is 6.17. The molecule has 0 amide bonds. The van der Waals surface area contributed by atoms with Crippen LogP contribution in [0.15, 0.2) is 42.5 Å². The summed E-state index contributed by atoms with van der Waals surface area (Å²) < 4.78 is 5.47. The Morgan fingerprint density at radius 3 is 2.71 bits per heavy atom. The van der Waals surface area contributed by atoms with Crippen molar-refractivity contribution in [2.24, 2.45) is 0 Å². The van der Waals surface area contributed by atoms with Crippen molar-refractivity contribution in [3.63, 3.8) is 0 Å². The minimum Gasteiger partial charge on any atom is -0.488 e. The average molecular weight is 287 g/mol. The van der Waals surface area contributed by atoms with E-state index in [2.05, 4.69) is 0 Å². The van der Waals surface area contributed by atoms with Crippen LogP contribution in [-0.2, 0) is 6.61 Å². The molecule has 0 unspecified atom stereocenters. The van der Waals surface area contributed by atoms with E-state index in [1.54, 1.807) is 31.2 Å². The SMILES string of the molecule is Cc1ccc(OCc2cccc([N+](=O)[O-])c2)c(C(=O)O)c1. The summed E-state index contributed by atoms with van der Waals surface area (Å²) in [6.07, 6.45) is 0. The lowest BCUT2D eigenvalue weighted by atomic mass is 10.1. The van der Waals surface area contributed by atoms with E-state index in [-0.39, 0.29) is 23.6 Å². The van der Waals surface area contributed by atoms with Gasteiger partial charge in [-0.25, -0.2) is 4.79 Å². The van der Waals surface area contributed by atoms with Crippen LogP contribution in [0.1, 0.15) is 21.5 Å². The number of benzene rings is 2. The van der Waals surface area contributed by atoms with Crippen LogP contribution in [0.2, 0.25) is 0 Å². The van der Waals surface area contributed by atoms with Gasteiger partial charge in [0.2, 0.25) is 0 Å². The van der Waals surface area contributed by atoms with E-state index in [0.29, 0.717) is 5.56 Å². The summed E-state index contributed by atoms with van der Waals surface area (Å²) in [7, 11) is 0. The first-order valence-electron chi connectivity index (χ1n) is 6.17. The summed E-state index contributed by atoms with van der Waals surface area (Å²) in [6.45, 7) is 1.85. The topological polar surface area (TPSA) is 89.7 Å². The van der Waals surface area contributed by atoms with Crippen molar-refractivity contribution < 1.29 is 19.6 Å². The predicted molar refractivity (Wildman–Crippen MR) is 75.6 cm³/mol. The largest absolute Gasteiger partial charge is 0.488 e. The minimum absolute atomic E-state index is 0.0292. The number of rotatable bonds is 5. The second-order valence-electron chi connectivity index (χ2n) is 4.52. The van der Waals surface area contributed by atoms with Gasteiger partial charge in [-0.3, -0.25) is 10.1 Å². The molecule has 2 aromatic rings. The maximum atomic E-state index is 11.2. The van der Waals surface area contributed by atoms with E-state index in [1.165, 1.54) is 18.2 Å². The summed E-state index contributed by atoms with van der Waals surface area (Å²) >= 11 is 0. The third-order valence-electron chi connectivity index (χ3n) is 2.88. The zero-order chi connectivity index (χ0) is 15.4. The second-order valence-corrected chi connectivity index (χ2v) is 4.52. The molecule has 0 aliphatic rings. The Balaban J connectivity index is 2.18. The summed E-state index contributed by atoms with van der Waals surface area (Å²) in [5, 5.41) is 19.8. The number of non-ortho nitro benzene ring substituents is 1. The number of aromatic carboxylic acids is 1. The van der Waals surface area contributed by atoms with Crippen LogP contribution in [0.3, 0.4) is 0 Å². The van der Waals surface area contributed by atoms with Gasteiger partial charge >= 0.3 is 5.97 Å². The number of aryl methyl sites for hydroxylation is 1. The lowest BCUT2D eigenvalue weighted by molar-refractivity contribution is -0.384. The number of ether oxygens (including phenoxy) is 1. The van der Waals surface area contributed by atoms with Crippen LogP contribution in [0, 0.1) is 17.0 Å². The first-order chi connectivity index (χ1) is 9.97. The summed E-state index contributed by atoms with van der Waals surface area (Å²) in [4.78, 5) is 21.4. The quantitative estimate of drug-likeness (QED) is 0.673. The Bertz CT molecular complexity index is 696. The first kappa shape index (κ1) is 14.5. The molecule has 1 N–H and O–H groups in total. The predicted octanol–water partition coefficient (Wildman–Crippen LogP) is 3.18. The third kappa shape index (κ3) is 3.56. The molecule has 0 aromatic heterocycles. The van der Waals surface area contributed by atoms with Crippen LogP contribution in [0.25, 0.3) is 0 Å². The Morgan fingerprint density at radius 2 is 2.05 bits per heavy atom. The van der Waals surface area contributed by atoms with Gasteiger partial charge < -0.3 is 9.84 Å². The van der Waals surface area contributed by atoms with Gasteiger partial charge in [0.1, 0.15) is 17.9 Å². The van der Waals surface area contributed by atoms with E-state index in [0.717, 1.165) is 5.56 Å².